The second kappa shape index (κ2) is 6.61. The Balaban J connectivity index is 1.68. The van der Waals surface area contributed by atoms with Crippen LogP contribution in [0.2, 0.25) is 0 Å². The lowest BCUT2D eigenvalue weighted by molar-refractivity contribution is 0.0996. The molecule has 0 radical (unpaired) electrons. The van der Waals surface area contributed by atoms with Gasteiger partial charge in [-0.15, -0.1) is 10.2 Å². The molecule has 0 atom stereocenters. The van der Waals surface area contributed by atoms with Gasteiger partial charge in [0, 0.05) is 0 Å². The van der Waals surface area contributed by atoms with Crippen molar-refractivity contribution in [2.45, 2.75) is 0 Å². The third-order valence-corrected chi connectivity index (χ3v) is 3.02. The fourth-order valence-electron chi connectivity index (χ4n) is 1.94. The number of hydrogen-bond donors (Lipinski definition) is 2. The molecule has 0 fully saturated rings. The number of nitrogens with one attached hydrogen (secondary N) is 2. The summed E-state index contributed by atoms with van der Waals surface area (Å²) in [6.45, 7) is 0. The molecule has 3 aromatic rings. The Kier molecular flexibility index (Phi) is 4.19. The number of hydrogen-bond acceptors (Lipinski definition) is 6. The molecular formula is C16H14N4O3. The second-order valence-electron chi connectivity index (χ2n) is 4.56. The van der Waals surface area contributed by atoms with Crippen LogP contribution in [0.1, 0.15) is 10.6 Å². The smallest absolute Gasteiger partial charge is 0.292 e. The van der Waals surface area contributed by atoms with E-state index < -0.39 is 0 Å². The van der Waals surface area contributed by atoms with Gasteiger partial charge in [0.25, 0.3) is 5.91 Å². The molecular weight excluding hydrogens is 296 g/mol. The highest BCUT2D eigenvalue weighted by Gasteiger charge is 2.10. The summed E-state index contributed by atoms with van der Waals surface area (Å²) in [5, 5.41) is 13.7. The van der Waals surface area contributed by atoms with Crippen molar-refractivity contribution < 1.29 is 13.9 Å². The number of amides is 1. The van der Waals surface area contributed by atoms with E-state index in [1.54, 1.807) is 31.4 Å². The van der Waals surface area contributed by atoms with Gasteiger partial charge in [-0.2, -0.15) is 0 Å². The minimum absolute atomic E-state index is 0.211. The Bertz CT molecular complexity index is 785. The monoisotopic (exact) mass is 310 g/mol. The second-order valence-corrected chi connectivity index (χ2v) is 4.56. The maximum Gasteiger partial charge on any atom is 0.292 e. The zero-order valence-corrected chi connectivity index (χ0v) is 12.3. The molecule has 0 saturated heterocycles. The van der Waals surface area contributed by atoms with Crippen molar-refractivity contribution in [1.82, 2.24) is 10.2 Å². The summed E-state index contributed by atoms with van der Waals surface area (Å²) in [5.74, 6) is 1.39. The third kappa shape index (κ3) is 3.46. The molecule has 116 valence electrons. The third-order valence-electron chi connectivity index (χ3n) is 3.02. The van der Waals surface area contributed by atoms with Crippen LogP contribution >= 0.6 is 0 Å². The molecule has 0 aliphatic heterocycles. The van der Waals surface area contributed by atoms with Crippen LogP contribution in [-0.4, -0.2) is 23.2 Å². The van der Waals surface area contributed by atoms with Crippen LogP contribution in [0.5, 0.6) is 5.75 Å². The van der Waals surface area contributed by atoms with Crippen molar-refractivity contribution in [3.8, 4) is 5.75 Å². The van der Waals surface area contributed by atoms with Gasteiger partial charge in [0.1, 0.15) is 5.75 Å². The first-order valence-electron chi connectivity index (χ1n) is 6.85. The zero-order chi connectivity index (χ0) is 16.1. The van der Waals surface area contributed by atoms with Crippen LogP contribution in [0, 0.1) is 0 Å². The fourth-order valence-corrected chi connectivity index (χ4v) is 1.94. The molecule has 7 heteroatoms. The minimum Gasteiger partial charge on any atom is -0.495 e. The number of furan rings is 1. The summed E-state index contributed by atoms with van der Waals surface area (Å²) in [6, 6.07) is 14.0. The first-order valence-corrected chi connectivity index (χ1v) is 6.85. The number of methoxy groups -OCH3 is 1. The molecule has 2 N–H and O–H groups in total. The lowest BCUT2D eigenvalue weighted by Crippen LogP contribution is -2.12. The summed E-state index contributed by atoms with van der Waals surface area (Å²) < 4.78 is 10.3. The first kappa shape index (κ1) is 14.6. The number of ether oxygens (including phenoxy) is 1. The van der Waals surface area contributed by atoms with E-state index in [4.69, 9.17) is 9.15 Å². The van der Waals surface area contributed by atoms with Crippen molar-refractivity contribution in [1.29, 1.82) is 0 Å². The SMILES string of the molecule is COc1ccccc1Nc1ccc(NC(=O)c2ccco2)nn1. The molecule has 2 heterocycles. The number of aromatic nitrogens is 2. The zero-order valence-electron chi connectivity index (χ0n) is 12.3. The van der Waals surface area contributed by atoms with E-state index in [-0.39, 0.29) is 11.7 Å². The van der Waals surface area contributed by atoms with E-state index >= 15 is 0 Å². The van der Waals surface area contributed by atoms with E-state index in [9.17, 15) is 4.79 Å². The van der Waals surface area contributed by atoms with E-state index in [1.165, 1.54) is 6.26 Å². The number of nitrogens with zero attached hydrogens (tertiary/aromatic N) is 2. The van der Waals surface area contributed by atoms with Gasteiger partial charge in [0.2, 0.25) is 0 Å². The van der Waals surface area contributed by atoms with Crippen LogP contribution in [0.25, 0.3) is 0 Å². The van der Waals surface area contributed by atoms with Gasteiger partial charge < -0.3 is 19.8 Å². The van der Waals surface area contributed by atoms with Gasteiger partial charge in [-0.05, 0) is 36.4 Å². The summed E-state index contributed by atoms with van der Waals surface area (Å²) in [4.78, 5) is 11.8. The van der Waals surface area contributed by atoms with Gasteiger partial charge in [-0.1, -0.05) is 12.1 Å². The lowest BCUT2D eigenvalue weighted by atomic mass is 10.3. The number of benzene rings is 1. The summed E-state index contributed by atoms with van der Waals surface area (Å²) in [6.07, 6.45) is 1.43. The van der Waals surface area contributed by atoms with Crippen molar-refractivity contribution in [2.24, 2.45) is 0 Å². The fraction of sp³-hybridized carbons (Fsp3) is 0.0625. The molecule has 2 aromatic heterocycles. The lowest BCUT2D eigenvalue weighted by Gasteiger charge is -2.10. The molecule has 23 heavy (non-hydrogen) atoms. The summed E-state index contributed by atoms with van der Waals surface area (Å²) in [7, 11) is 1.60. The Labute approximate surface area is 132 Å². The van der Waals surface area contributed by atoms with Crippen LogP contribution in [0.3, 0.4) is 0 Å². The van der Waals surface area contributed by atoms with Gasteiger partial charge in [0.15, 0.2) is 17.4 Å². The molecule has 1 aromatic carbocycles. The highest BCUT2D eigenvalue weighted by atomic mass is 16.5. The van der Waals surface area contributed by atoms with Crippen LogP contribution in [0.15, 0.2) is 59.2 Å². The molecule has 0 spiro atoms. The molecule has 0 bridgehead atoms. The van der Waals surface area contributed by atoms with Gasteiger partial charge in [-0.3, -0.25) is 4.79 Å². The van der Waals surface area contributed by atoms with Crippen molar-refractivity contribution in [2.75, 3.05) is 17.7 Å². The Morgan fingerprint density at radius 3 is 2.52 bits per heavy atom. The summed E-state index contributed by atoms with van der Waals surface area (Å²) in [5.41, 5.74) is 0.775. The minimum atomic E-state index is -0.380. The van der Waals surface area contributed by atoms with Crippen molar-refractivity contribution in [3.63, 3.8) is 0 Å². The number of carbonyl (C=O) groups excluding carboxylic acids is 1. The normalized spacial score (nSPS) is 10.1. The highest BCUT2D eigenvalue weighted by molar-refractivity contribution is 6.01. The predicted octanol–water partition coefficient (Wildman–Crippen LogP) is 3.07. The topological polar surface area (TPSA) is 89.3 Å². The van der Waals surface area contributed by atoms with E-state index in [2.05, 4.69) is 20.8 Å². The van der Waals surface area contributed by atoms with Crippen LogP contribution in [-0.2, 0) is 0 Å². The Morgan fingerprint density at radius 1 is 1.04 bits per heavy atom. The van der Waals surface area contributed by atoms with E-state index in [1.807, 2.05) is 24.3 Å². The molecule has 3 rings (SSSR count). The van der Waals surface area contributed by atoms with Crippen LogP contribution < -0.4 is 15.4 Å². The molecule has 0 saturated carbocycles. The maximum absolute atomic E-state index is 11.8. The van der Waals surface area contributed by atoms with Crippen molar-refractivity contribution >= 4 is 23.2 Å². The van der Waals surface area contributed by atoms with Gasteiger partial charge in [-0.25, -0.2) is 0 Å². The van der Waals surface area contributed by atoms with Crippen LogP contribution in [0.4, 0.5) is 17.3 Å². The Hall–Kier alpha value is -3.35. The number of carbonyl (C=O) groups is 1. The first-order chi connectivity index (χ1) is 11.3. The van der Waals surface area contributed by atoms with Gasteiger partial charge in [0.05, 0.1) is 19.1 Å². The number of para-hydroxylation sites is 2. The Morgan fingerprint density at radius 2 is 1.83 bits per heavy atom. The molecule has 1 amide bonds. The highest BCUT2D eigenvalue weighted by Crippen LogP contribution is 2.26. The molecule has 0 aliphatic rings. The standard InChI is InChI=1S/C16H14N4O3/c1-22-12-6-3-2-5-11(12)17-14-8-9-15(20-19-14)18-16(21)13-7-4-10-23-13/h2-10H,1H3,(H,17,19)(H,18,20,21). The van der Waals surface area contributed by atoms with Crippen molar-refractivity contribution in [3.05, 3.63) is 60.6 Å². The predicted molar refractivity (Wildman–Crippen MR) is 85.0 cm³/mol. The maximum atomic E-state index is 11.8. The summed E-state index contributed by atoms with van der Waals surface area (Å²) >= 11 is 0. The molecule has 7 nitrogen and oxygen atoms in total. The van der Waals surface area contributed by atoms with Gasteiger partial charge >= 0.3 is 0 Å². The average Bonchev–Trinajstić information content (AvgIpc) is 3.12. The van der Waals surface area contributed by atoms with E-state index in [0.29, 0.717) is 17.4 Å². The molecule has 0 unspecified atom stereocenters. The van der Waals surface area contributed by atoms with E-state index in [0.717, 1.165) is 5.69 Å². The number of rotatable bonds is 5. The average molecular weight is 310 g/mol. The molecule has 0 aliphatic carbocycles. The number of anilines is 3. The largest absolute Gasteiger partial charge is 0.495 e. The quantitative estimate of drug-likeness (QED) is 0.753.